The summed E-state index contributed by atoms with van der Waals surface area (Å²) in [6.45, 7) is 0.0810. The maximum Gasteiger partial charge on any atom is 0.258 e. The first-order chi connectivity index (χ1) is 11.3. The van der Waals surface area contributed by atoms with E-state index in [0.29, 0.717) is 18.1 Å². The molecule has 2 saturated heterocycles. The minimum absolute atomic E-state index is 0.0236. The molecular weight excluding hydrogens is 288 g/mol. The summed E-state index contributed by atoms with van der Waals surface area (Å²) < 4.78 is 5.66. The van der Waals surface area contributed by atoms with Crippen molar-refractivity contribution >= 4 is 16.7 Å². The number of fused-ring (bicyclic) bond motifs is 3. The number of carbonyl (C=O) groups excluding carboxylic acids is 1. The molecule has 2 fully saturated rings. The Balaban J connectivity index is 1.32. The molecule has 4 rings (SSSR count). The van der Waals surface area contributed by atoms with Crippen molar-refractivity contribution in [1.29, 1.82) is 0 Å². The van der Waals surface area contributed by atoms with Crippen molar-refractivity contribution in [3.63, 3.8) is 0 Å². The Hall–Kier alpha value is -2.07. The summed E-state index contributed by atoms with van der Waals surface area (Å²) in [5.41, 5.74) is 0. The molecule has 120 valence electrons. The molecule has 2 heterocycles. The molecule has 23 heavy (non-hydrogen) atoms. The molecule has 0 radical (unpaired) electrons. The van der Waals surface area contributed by atoms with Crippen molar-refractivity contribution in [2.45, 2.75) is 43.8 Å². The molecule has 1 amide bonds. The summed E-state index contributed by atoms with van der Waals surface area (Å²) in [6.07, 6.45) is 4.56. The van der Waals surface area contributed by atoms with E-state index in [1.165, 1.54) is 18.2 Å². The van der Waals surface area contributed by atoms with Gasteiger partial charge in [-0.1, -0.05) is 30.3 Å². The molecule has 2 atom stereocenters. The van der Waals surface area contributed by atoms with Gasteiger partial charge in [-0.2, -0.15) is 0 Å². The van der Waals surface area contributed by atoms with Crippen LogP contribution in [0.4, 0.5) is 0 Å². The highest BCUT2D eigenvalue weighted by molar-refractivity contribution is 5.84. The number of hydrogen-bond acceptors (Lipinski definition) is 3. The lowest BCUT2D eigenvalue weighted by Gasteiger charge is -2.29. The van der Waals surface area contributed by atoms with Crippen LogP contribution in [-0.4, -0.2) is 30.6 Å². The van der Waals surface area contributed by atoms with E-state index in [-0.39, 0.29) is 12.5 Å². The SMILES string of the molecule is O=C(COc1ccc2ccccc2c1)NC1CC2CCC(C1)N2. The Bertz CT molecular complexity index is 703. The van der Waals surface area contributed by atoms with Crippen LogP contribution in [-0.2, 0) is 4.79 Å². The second-order valence-corrected chi connectivity index (χ2v) is 6.67. The lowest BCUT2D eigenvalue weighted by Crippen LogP contribution is -2.48. The predicted molar refractivity (Wildman–Crippen MR) is 90.6 cm³/mol. The molecule has 2 aromatic carbocycles. The van der Waals surface area contributed by atoms with Gasteiger partial charge in [-0.05, 0) is 48.6 Å². The minimum atomic E-state index is -0.0236. The smallest absolute Gasteiger partial charge is 0.258 e. The summed E-state index contributed by atoms with van der Waals surface area (Å²) in [4.78, 5) is 12.1. The predicted octanol–water partition coefficient (Wildman–Crippen LogP) is 2.62. The van der Waals surface area contributed by atoms with E-state index in [9.17, 15) is 4.79 Å². The second kappa shape index (κ2) is 6.20. The van der Waals surface area contributed by atoms with Crippen molar-refractivity contribution in [2.75, 3.05) is 6.61 Å². The van der Waals surface area contributed by atoms with Crippen molar-refractivity contribution in [3.05, 3.63) is 42.5 Å². The van der Waals surface area contributed by atoms with E-state index in [0.717, 1.165) is 24.0 Å². The van der Waals surface area contributed by atoms with Gasteiger partial charge in [0.05, 0.1) is 0 Å². The first-order valence-electron chi connectivity index (χ1n) is 8.43. The number of ether oxygens (including phenoxy) is 1. The molecular formula is C19H22N2O2. The van der Waals surface area contributed by atoms with Crippen LogP contribution in [0.5, 0.6) is 5.75 Å². The van der Waals surface area contributed by atoms with Crippen molar-refractivity contribution in [2.24, 2.45) is 0 Å². The molecule has 0 aliphatic carbocycles. The lowest BCUT2D eigenvalue weighted by molar-refractivity contribution is -0.124. The molecule has 0 saturated carbocycles. The van der Waals surface area contributed by atoms with Crippen molar-refractivity contribution < 1.29 is 9.53 Å². The fourth-order valence-electron chi connectivity index (χ4n) is 3.85. The number of benzene rings is 2. The van der Waals surface area contributed by atoms with Gasteiger partial charge in [-0.25, -0.2) is 0 Å². The van der Waals surface area contributed by atoms with Gasteiger partial charge in [0.1, 0.15) is 5.75 Å². The van der Waals surface area contributed by atoms with E-state index >= 15 is 0 Å². The summed E-state index contributed by atoms with van der Waals surface area (Å²) in [5, 5.41) is 9.01. The van der Waals surface area contributed by atoms with Gasteiger partial charge < -0.3 is 15.4 Å². The van der Waals surface area contributed by atoms with Crippen LogP contribution >= 0.6 is 0 Å². The van der Waals surface area contributed by atoms with Crippen LogP contribution in [0.1, 0.15) is 25.7 Å². The van der Waals surface area contributed by atoms with Gasteiger partial charge in [0.15, 0.2) is 6.61 Å². The van der Waals surface area contributed by atoms with E-state index in [1.807, 2.05) is 36.4 Å². The van der Waals surface area contributed by atoms with Gasteiger partial charge in [0.2, 0.25) is 0 Å². The maximum atomic E-state index is 12.1. The Labute approximate surface area is 136 Å². The standard InChI is InChI=1S/C19H22N2O2/c22-19(21-17-10-15-6-7-16(11-17)20-15)12-23-18-8-5-13-3-1-2-4-14(13)9-18/h1-5,8-9,15-17,20H,6-7,10-12H2,(H,21,22). The minimum Gasteiger partial charge on any atom is -0.484 e. The number of amides is 1. The molecule has 2 aromatic rings. The zero-order valence-corrected chi connectivity index (χ0v) is 13.1. The van der Waals surface area contributed by atoms with E-state index in [4.69, 9.17) is 4.74 Å². The average Bonchev–Trinajstić information content (AvgIpc) is 2.91. The highest BCUT2D eigenvalue weighted by Crippen LogP contribution is 2.26. The Morgan fingerprint density at radius 3 is 2.61 bits per heavy atom. The van der Waals surface area contributed by atoms with E-state index in [2.05, 4.69) is 16.7 Å². The first-order valence-corrected chi connectivity index (χ1v) is 8.43. The molecule has 2 bridgehead atoms. The largest absolute Gasteiger partial charge is 0.484 e. The Morgan fingerprint density at radius 1 is 1.09 bits per heavy atom. The lowest BCUT2D eigenvalue weighted by atomic mass is 10.00. The topological polar surface area (TPSA) is 50.4 Å². The zero-order valence-electron chi connectivity index (χ0n) is 13.1. The summed E-state index contributed by atoms with van der Waals surface area (Å²) in [5.74, 6) is 0.716. The maximum absolute atomic E-state index is 12.1. The number of piperidine rings is 1. The summed E-state index contributed by atoms with van der Waals surface area (Å²) in [6, 6.07) is 15.5. The third kappa shape index (κ3) is 3.32. The molecule has 2 N–H and O–H groups in total. The van der Waals surface area contributed by atoms with Crippen LogP contribution in [0.25, 0.3) is 10.8 Å². The fourth-order valence-corrected chi connectivity index (χ4v) is 3.85. The molecule has 0 aromatic heterocycles. The summed E-state index contributed by atoms with van der Waals surface area (Å²) >= 11 is 0. The summed E-state index contributed by atoms with van der Waals surface area (Å²) in [7, 11) is 0. The third-order valence-corrected chi connectivity index (χ3v) is 4.93. The quantitative estimate of drug-likeness (QED) is 0.913. The molecule has 4 heteroatoms. The normalized spacial score (nSPS) is 26.2. The van der Waals surface area contributed by atoms with Gasteiger partial charge in [-0.3, -0.25) is 4.79 Å². The van der Waals surface area contributed by atoms with Crippen molar-refractivity contribution in [1.82, 2.24) is 10.6 Å². The number of nitrogens with one attached hydrogen (secondary N) is 2. The van der Waals surface area contributed by atoms with Crippen LogP contribution in [0, 0.1) is 0 Å². The fraction of sp³-hybridized carbons (Fsp3) is 0.421. The van der Waals surface area contributed by atoms with E-state index in [1.54, 1.807) is 0 Å². The van der Waals surface area contributed by atoms with Gasteiger partial charge in [0, 0.05) is 18.1 Å². The van der Waals surface area contributed by atoms with Crippen LogP contribution in [0.3, 0.4) is 0 Å². The average molecular weight is 310 g/mol. The van der Waals surface area contributed by atoms with Crippen LogP contribution in [0.2, 0.25) is 0 Å². The van der Waals surface area contributed by atoms with E-state index < -0.39 is 0 Å². The molecule has 4 nitrogen and oxygen atoms in total. The Kier molecular flexibility index (Phi) is 3.92. The third-order valence-electron chi connectivity index (χ3n) is 4.93. The second-order valence-electron chi connectivity index (χ2n) is 6.67. The zero-order chi connectivity index (χ0) is 15.6. The van der Waals surface area contributed by atoms with Gasteiger partial charge in [0.25, 0.3) is 5.91 Å². The molecule has 2 unspecified atom stereocenters. The van der Waals surface area contributed by atoms with Crippen LogP contribution < -0.4 is 15.4 Å². The highest BCUT2D eigenvalue weighted by atomic mass is 16.5. The Morgan fingerprint density at radius 2 is 1.83 bits per heavy atom. The highest BCUT2D eigenvalue weighted by Gasteiger charge is 2.33. The first kappa shape index (κ1) is 14.5. The van der Waals surface area contributed by atoms with Crippen LogP contribution in [0.15, 0.2) is 42.5 Å². The number of rotatable bonds is 4. The molecule has 2 aliphatic heterocycles. The van der Waals surface area contributed by atoms with Gasteiger partial charge in [-0.15, -0.1) is 0 Å². The molecule has 2 aliphatic rings. The number of carbonyl (C=O) groups is 1. The van der Waals surface area contributed by atoms with Crippen molar-refractivity contribution in [3.8, 4) is 5.75 Å². The molecule has 0 spiro atoms. The van der Waals surface area contributed by atoms with Gasteiger partial charge >= 0.3 is 0 Å². The number of hydrogen-bond donors (Lipinski definition) is 2. The monoisotopic (exact) mass is 310 g/mol.